The van der Waals surface area contributed by atoms with Crippen LogP contribution in [0.5, 0.6) is 0 Å². The third-order valence-corrected chi connectivity index (χ3v) is 5.34. The van der Waals surface area contributed by atoms with Crippen molar-refractivity contribution in [2.75, 3.05) is 26.7 Å². The average molecular weight is 338 g/mol. The number of Topliss-reactive ketones (excluding diaryl/α,β-unsaturated/α-hetero) is 1. The highest BCUT2D eigenvalue weighted by atomic mass is 32.2. The zero-order valence-electron chi connectivity index (χ0n) is 14.1. The largest absolute Gasteiger partial charge is 0.382 e. The minimum atomic E-state index is 0.116. The van der Waals surface area contributed by atoms with Crippen LogP contribution in [0.4, 0.5) is 0 Å². The van der Waals surface area contributed by atoms with Gasteiger partial charge in [-0.25, -0.2) is 0 Å². The molecule has 1 aliphatic heterocycles. The molecule has 4 heteroatoms. The molecule has 3 nitrogen and oxygen atoms in total. The number of carbonyl (C=O) groups is 1. The maximum Gasteiger partial charge on any atom is 0.202 e. The molecule has 0 unspecified atom stereocenters. The number of ketones is 1. The summed E-state index contributed by atoms with van der Waals surface area (Å²) in [5, 5.41) is 3.50. The molecule has 1 N–H and O–H groups in total. The molecule has 0 fully saturated rings. The standard InChI is InChI=1S/C20H22N2OS/c1-3-22(2)14-13-21-18(15-9-5-4-6-10-15)20-19(23)16-11-7-8-12-17(16)24-20/h4-12,21H,3,13-14H2,1-2H3. The van der Waals surface area contributed by atoms with E-state index in [1.165, 1.54) is 0 Å². The summed E-state index contributed by atoms with van der Waals surface area (Å²) in [5.74, 6) is 0.116. The lowest BCUT2D eigenvalue weighted by molar-refractivity contribution is 0.104. The quantitative estimate of drug-likeness (QED) is 0.810. The van der Waals surface area contributed by atoms with E-state index in [0.717, 1.165) is 46.3 Å². The minimum absolute atomic E-state index is 0.116. The zero-order chi connectivity index (χ0) is 16.9. The molecule has 0 aliphatic carbocycles. The molecular formula is C20H22N2OS. The van der Waals surface area contributed by atoms with Gasteiger partial charge in [0.05, 0.1) is 10.6 Å². The van der Waals surface area contributed by atoms with Gasteiger partial charge in [0, 0.05) is 23.5 Å². The third kappa shape index (κ3) is 3.55. The Bertz CT molecular complexity index is 755. The van der Waals surface area contributed by atoms with E-state index in [1.807, 2.05) is 42.5 Å². The number of benzene rings is 2. The van der Waals surface area contributed by atoms with Crippen LogP contribution < -0.4 is 5.32 Å². The van der Waals surface area contributed by atoms with Gasteiger partial charge in [-0.3, -0.25) is 4.79 Å². The van der Waals surface area contributed by atoms with Crippen molar-refractivity contribution >= 4 is 23.2 Å². The summed E-state index contributed by atoms with van der Waals surface area (Å²) in [6, 6.07) is 17.9. The first-order valence-electron chi connectivity index (χ1n) is 8.24. The number of thioether (sulfide) groups is 1. The maximum atomic E-state index is 12.8. The van der Waals surface area contributed by atoms with Gasteiger partial charge in [0.25, 0.3) is 0 Å². The molecule has 0 spiro atoms. The highest BCUT2D eigenvalue weighted by molar-refractivity contribution is 8.05. The van der Waals surface area contributed by atoms with Crippen LogP contribution in [0.3, 0.4) is 0 Å². The Morgan fingerprint density at radius 1 is 1.08 bits per heavy atom. The molecule has 0 atom stereocenters. The lowest BCUT2D eigenvalue weighted by Crippen LogP contribution is -2.29. The van der Waals surface area contributed by atoms with Crippen molar-refractivity contribution in [3.05, 3.63) is 70.6 Å². The van der Waals surface area contributed by atoms with Gasteiger partial charge in [-0.15, -0.1) is 0 Å². The van der Waals surface area contributed by atoms with Crippen molar-refractivity contribution in [1.29, 1.82) is 0 Å². The Balaban J connectivity index is 1.92. The number of fused-ring (bicyclic) bond motifs is 1. The summed E-state index contributed by atoms with van der Waals surface area (Å²) < 4.78 is 0. The fourth-order valence-corrected chi connectivity index (χ4v) is 3.77. The lowest BCUT2D eigenvalue weighted by Gasteiger charge is -2.18. The molecule has 0 amide bonds. The number of hydrogen-bond donors (Lipinski definition) is 1. The molecule has 1 aliphatic rings. The molecule has 24 heavy (non-hydrogen) atoms. The fraction of sp³-hybridized carbons (Fsp3) is 0.250. The van der Waals surface area contributed by atoms with E-state index in [9.17, 15) is 4.79 Å². The molecule has 0 bridgehead atoms. The van der Waals surface area contributed by atoms with Gasteiger partial charge in [-0.05, 0) is 31.3 Å². The molecule has 0 aromatic heterocycles. The van der Waals surface area contributed by atoms with Crippen LogP contribution in [0.25, 0.3) is 5.70 Å². The maximum absolute atomic E-state index is 12.8. The second-order valence-electron chi connectivity index (χ2n) is 5.82. The van der Waals surface area contributed by atoms with Crippen molar-refractivity contribution in [2.45, 2.75) is 11.8 Å². The molecule has 1 heterocycles. The number of rotatable bonds is 6. The van der Waals surface area contributed by atoms with E-state index >= 15 is 0 Å². The van der Waals surface area contributed by atoms with Gasteiger partial charge < -0.3 is 10.2 Å². The van der Waals surface area contributed by atoms with Gasteiger partial charge in [-0.2, -0.15) is 0 Å². The molecule has 124 valence electrons. The highest BCUT2D eigenvalue weighted by Gasteiger charge is 2.28. The van der Waals surface area contributed by atoms with Crippen molar-refractivity contribution in [1.82, 2.24) is 10.2 Å². The van der Waals surface area contributed by atoms with E-state index in [-0.39, 0.29) is 5.78 Å². The predicted molar refractivity (Wildman–Crippen MR) is 101 cm³/mol. The number of nitrogens with zero attached hydrogens (tertiary/aromatic N) is 1. The van der Waals surface area contributed by atoms with Gasteiger partial charge in [-0.1, -0.05) is 61.2 Å². The summed E-state index contributed by atoms with van der Waals surface area (Å²) in [4.78, 5) is 16.9. The molecule has 3 rings (SSSR count). The number of likely N-dealkylation sites (N-methyl/N-ethyl adjacent to an activating group) is 1. The van der Waals surface area contributed by atoms with Crippen molar-refractivity contribution < 1.29 is 4.79 Å². The molecule has 2 aromatic rings. The molecule has 0 saturated carbocycles. The Hall–Kier alpha value is -2.04. The Morgan fingerprint density at radius 3 is 2.50 bits per heavy atom. The monoisotopic (exact) mass is 338 g/mol. The average Bonchev–Trinajstić information content (AvgIpc) is 2.96. The van der Waals surface area contributed by atoms with Crippen LogP contribution in [-0.2, 0) is 0 Å². The Labute approximate surface area is 147 Å². The van der Waals surface area contributed by atoms with E-state index in [2.05, 4.69) is 36.3 Å². The first-order valence-corrected chi connectivity index (χ1v) is 9.06. The van der Waals surface area contributed by atoms with Gasteiger partial charge in [0.1, 0.15) is 0 Å². The SMILES string of the molecule is CCN(C)CCNC(=C1Sc2ccccc2C1=O)c1ccccc1. The number of allylic oxidation sites excluding steroid dienone is 1. The third-order valence-electron chi connectivity index (χ3n) is 4.17. The van der Waals surface area contributed by atoms with Gasteiger partial charge >= 0.3 is 0 Å². The van der Waals surface area contributed by atoms with E-state index in [4.69, 9.17) is 0 Å². The van der Waals surface area contributed by atoms with Crippen LogP contribution in [0.2, 0.25) is 0 Å². The summed E-state index contributed by atoms with van der Waals surface area (Å²) in [6.07, 6.45) is 0. The van der Waals surface area contributed by atoms with Gasteiger partial charge in [0.2, 0.25) is 5.78 Å². The van der Waals surface area contributed by atoms with Crippen LogP contribution in [0.1, 0.15) is 22.8 Å². The summed E-state index contributed by atoms with van der Waals surface area (Å²) in [6.45, 7) is 4.90. The van der Waals surface area contributed by atoms with Crippen LogP contribution in [0, 0.1) is 0 Å². The molecule has 2 aromatic carbocycles. The summed E-state index contributed by atoms with van der Waals surface area (Å²) in [5.41, 5.74) is 2.80. The second kappa shape index (κ2) is 7.69. The number of carbonyl (C=O) groups excluding carboxylic acids is 1. The molecule has 0 radical (unpaired) electrons. The lowest BCUT2D eigenvalue weighted by atomic mass is 10.1. The molecule has 0 saturated heterocycles. The van der Waals surface area contributed by atoms with E-state index in [1.54, 1.807) is 11.8 Å². The van der Waals surface area contributed by atoms with Gasteiger partial charge in [0.15, 0.2) is 0 Å². The van der Waals surface area contributed by atoms with E-state index in [0.29, 0.717) is 0 Å². The van der Waals surface area contributed by atoms with Crippen LogP contribution >= 0.6 is 11.8 Å². The minimum Gasteiger partial charge on any atom is -0.382 e. The molecular weight excluding hydrogens is 316 g/mol. The zero-order valence-corrected chi connectivity index (χ0v) is 14.9. The van der Waals surface area contributed by atoms with E-state index < -0.39 is 0 Å². The first kappa shape index (κ1) is 16.8. The van der Waals surface area contributed by atoms with Crippen LogP contribution in [-0.4, -0.2) is 37.4 Å². The van der Waals surface area contributed by atoms with Crippen molar-refractivity contribution in [2.24, 2.45) is 0 Å². The highest BCUT2D eigenvalue weighted by Crippen LogP contribution is 2.42. The number of hydrogen-bond acceptors (Lipinski definition) is 4. The van der Waals surface area contributed by atoms with Crippen molar-refractivity contribution in [3.63, 3.8) is 0 Å². The predicted octanol–water partition coefficient (Wildman–Crippen LogP) is 3.89. The number of nitrogens with one attached hydrogen (secondary N) is 1. The van der Waals surface area contributed by atoms with Crippen molar-refractivity contribution in [3.8, 4) is 0 Å². The second-order valence-corrected chi connectivity index (χ2v) is 6.87. The Kier molecular flexibility index (Phi) is 5.38. The van der Waals surface area contributed by atoms with Crippen LogP contribution in [0.15, 0.2) is 64.4 Å². The topological polar surface area (TPSA) is 32.3 Å². The summed E-state index contributed by atoms with van der Waals surface area (Å²) >= 11 is 1.57. The Morgan fingerprint density at radius 2 is 1.79 bits per heavy atom. The smallest absolute Gasteiger partial charge is 0.202 e. The summed E-state index contributed by atoms with van der Waals surface area (Å²) in [7, 11) is 2.10. The normalized spacial score (nSPS) is 15.5. The first-order chi connectivity index (χ1) is 11.7. The fourth-order valence-electron chi connectivity index (χ4n) is 2.63.